The van der Waals surface area contributed by atoms with Crippen molar-refractivity contribution in [2.75, 3.05) is 13.2 Å². The van der Waals surface area contributed by atoms with Gasteiger partial charge in [0.15, 0.2) is 0 Å². The molecule has 3 N–H and O–H groups in total. The van der Waals surface area contributed by atoms with E-state index in [0.717, 1.165) is 30.6 Å². The Labute approximate surface area is 180 Å². The number of hydrogen-bond donors (Lipinski definition) is 3. The summed E-state index contributed by atoms with van der Waals surface area (Å²) in [5.41, 5.74) is 3.47. The summed E-state index contributed by atoms with van der Waals surface area (Å²) in [5, 5.41) is 17.0. The predicted molar refractivity (Wildman–Crippen MR) is 122 cm³/mol. The van der Waals surface area contributed by atoms with Crippen LogP contribution >= 0.6 is 0 Å². The largest absolute Gasteiger partial charge is 0.493 e. The lowest BCUT2D eigenvalue weighted by atomic mass is 10.00. The fourth-order valence-electron chi connectivity index (χ4n) is 3.39. The van der Waals surface area contributed by atoms with Gasteiger partial charge in [0.25, 0.3) is 0 Å². The van der Waals surface area contributed by atoms with Gasteiger partial charge in [0, 0.05) is 20.0 Å². The summed E-state index contributed by atoms with van der Waals surface area (Å²) in [7, 11) is 0. The van der Waals surface area contributed by atoms with Gasteiger partial charge in [-0.3, -0.25) is 4.79 Å². The zero-order chi connectivity index (χ0) is 21.8. The molecule has 0 saturated heterocycles. The van der Waals surface area contributed by atoms with Crippen LogP contribution in [0.2, 0.25) is 0 Å². The molecule has 0 heterocycles. The fraction of sp³-hybridized carbons (Fsp3) is 0.480. The van der Waals surface area contributed by atoms with Crippen molar-refractivity contribution in [2.45, 2.75) is 65.1 Å². The van der Waals surface area contributed by atoms with Gasteiger partial charge in [0.05, 0.1) is 18.8 Å². The Morgan fingerprint density at radius 3 is 2.60 bits per heavy atom. The molecule has 0 aliphatic carbocycles. The molecule has 0 fully saturated rings. The lowest BCUT2D eigenvalue weighted by Crippen LogP contribution is -2.48. The van der Waals surface area contributed by atoms with E-state index in [2.05, 4.69) is 48.7 Å². The first-order valence-corrected chi connectivity index (χ1v) is 11.0. The monoisotopic (exact) mass is 412 g/mol. The SMILES string of the molecule is CCCCOc1ccccc1CC(NC(C)=O)C(O)CNCc1cccc(CC)c1. The van der Waals surface area contributed by atoms with Gasteiger partial charge in [0.1, 0.15) is 5.75 Å². The van der Waals surface area contributed by atoms with E-state index in [1.54, 1.807) is 0 Å². The molecule has 5 nitrogen and oxygen atoms in total. The van der Waals surface area contributed by atoms with Gasteiger partial charge in [-0.05, 0) is 42.0 Å². The van der Waals surface area contributed by atoms with Crippen molar-refractivity contribution in [1.29, 1.82) is 0 Å². The Hall–Kier alpha value is -2.37. The molecule has 0 saturated carbocycles. The molecule has 5 heteroatoms. The van der Waals surface area contributed by atoms with Crippen molar-refractivity contribution in [3.63, 3.8) is 0 Å². The second-order valence-corrected chi connectivity index (χ2v) is 7.69. The second kappa shape index (κ2) is 13.0. The van der Waals surface area contributed by atoms with Gasteiger partial charge in [-0.15, -0.1) is 0 Å². The second-order valence-electron chi connectivity index (χ2n) is 7.69. The molecule has 0 radical (unpaired) electrons. The van der Waals surface area contributed by atoms with Crippen LogP contribution < -0.4 is 15.4 Å². The molecule has 1 amide bonds. The van der Waals surface area contributed by atoms with Gasteiger partial charge in [0.2, 0.25) is 5.91 Å². The minimum absolute atomic E-state index is 0.154. The molecule has 0 aliphatic rings. The highest BCUT2D eigenvalue weighted by Crippen LogP contribution is 2.21. The van der Waals surface area contributed by atoms with Crippen molar-refractivity contribution in [1.82, 2.24) is 10.6 Å². The lowest BCUT2D eigenvalue weighted by Gasteiger charge is -2.25. The van der Waals surface area contributed by atoms with Gasteiger partial charge in [-0.2, -0.15) is 0 Å². The molecule has 2 aromatic rings. The molecule has 0 spiro atoms. The maximum Gasteiger partial charge on any atom is 0.217 e. The van der Waals surface area contributed by atoms with Crippen molar-refractivity contribution in [2.24, 2.45) is 0 Å². The number of aliphatic hydroxyl groups excluding tert-OH is 1. The average Bonchev–Trinajstić information content (AvgIpc) is 2.74. The number of carbonyl (C=O) groups excluding carboxylic acids is 1. The Morgan fingerprint density at radius 2 is 1.87 bits per heavy atom. The van der Waals surface area contributed by atoms with Crippen LogP contribution in [0.15, 0.2) is 48.5 Å². The number of carbonyl (C=O) groups is 1. The zero-order valence-electron chi connectivity index (χ0n) is 18.5. The summed E-state index contributed by atoms with van der Waals surface area (Å²) in [6.07, 6.45) is 2.86. The first kappa shape index (κ1) is 23.9. The number of benzene rings is 2. The van der Waals surface area contributed by atoms with E-state index < -0.39 is 12.1 Å². The molecule has 30 heavy (non-hydrogen) atoms. The van der Waals surface area contributed by atoms with Crippen LogP contribution in [0.3, 0.4) is 0 Å². The van der Waals surface area contributed by atoms with Crippen LogP contribution in [0.1, 0.15) is 50.3 Å². The molecular weight excluding hydrogens is 376 g/mol. The Bertz CT molecular complexity index is 778. The number of rotatable bonds is 13. The number of amides is 1. The van der Waals surface area contributed by atoms with Crippen molar-refractivity contribution in [3.8, 4) is 5.75 Å². The molecule has 2 atom stereocenters. The maximum atomic E-state index is 11.7. The lowest BCUT2D eigenvalue weighted by molar-refractivity contribution is -0.120. The van der Waals surface area contributed by atoms with Gasteiger partial charge in [-0.25, -0.2) is 0 Å². The Kier molecular flexibility index (Phi) is 10.4. The van der Waals surface area contributed by atoms with E-state index in [0.29, 0.717) is 26.1 Å². The highest BCUT2D eigenvalue weighted by atomic mass is 16.5. The van der Waals surface area contributed by atoms with Crippen molar-refractivity contribution >= 4 is 5.91 Å². The summed E-state index contributed by atoms with van der Waals surface area (Å²) < 4.78 is 5.91. The molecule has 2 aromatic carbocycles. The number of hydrogen-bond acceptors (Lipinski definition) is 4. The molecule has 164 valence electrons. The number of aryl methyl sites for hydroxylation is 1. The Morgan fingerprint density at radius 1 is 1.10 bits per heavy atom. The van der Waals surface area contributed by atoms with Gasteiger partial charge < -0.3 is 20.5 Å². The third-order valence-corrected chi connectivity index (χ3v) is 5.10. The third kappa shape index (κ3) is 8.17. The highest BCUT2D eigenvalue weighted by molar-refractivity contribution is 5.73. The fourth-order valence-corrected chi connectivity index (χ4v) is 3.39. The third-order valence-electron chi connectivity index (χ3n) is 5.10. The predicted octanol–water partition coefficient (Wildman–Crippen LogP) is 3.63. The Balaban J connectivity index is 1.98. The maximum absolute atomic E-state index is 11.7. The summed E-state index contributed by atoms with van der Waals surface area (Å²) in [5.74, 6) is 0.664. The quantitative estimate of drug-likeness (QED) is 0.440. The summed E-state index contributed by atoms with van der Waals surface area (Å²) in [4.78, 5) is 11.7. The van der Waals surface area contributed by atoms with E-state index in [1.807, 2.05) is 24.3 Å². The van der Waals surface area contributed by atoms with Crippen molar-refractivity contribution in [3.05, 3.63) is 65.2 Å². The smallest absolute Gasteiger partial charge is 0.217 e. The average molecular weight is 413 g/mol. The van der Waals surface area contributed by atoms with Crippen LogP contribution in [0.25, 0.3) is 0 Å². The molecule has 0 aromatic heterocycles. The molecule has 2 rings (SSSR count). The first-order valence-electron chi connectivity index (χ1n) is 11.0. The first-order chi connectivity index (χ1) is 14.5. The van der Waals surface area contributed by atoms with E-state index in [4.69, 9.17) is 4.74 Å². The molecule has 0 bridgehead atoms. The van der Waals surface area contributed by atoms with Gasteiger partial charge >= 0.3 is 0 Å². The number of aliphatic hydroxyl groups is 1. The molecular formula is C25H36N2O3. The van der Waals surface area contributed by atoms with Crippen molar-refractivity contribution < 1.29 is 14.6 Å². The van der Waals surface area contributed by atoms with Crippen LogP contribution in [-0.4, -0.2) is 36.3 Å². The summed E-state index contributed by atoms with van der Waals surface area (Å²) in [6.45, 7) is 7.48. The number of ether oxygens (including phenoxy) is 1. The van der Waals surface area contributed by atoms with Crippen LogP contribution in [0, 0.1) is 0 Å². The van der Waals surface area contributed by atoms with E-state index in [9.17, 15) is 9.90 Å². The van der Waals surface area contributed by atoms with Crippen LogP contribution in [0.4, 0.5) is 0 Å². The molecule has 2 unspecified atom stereocenters. The van der Waals surface area contributed by atoms with Crippen LogP contribution in [0.5, 0.6) is 5.75 Å². The highest BCUT2D eigenvalue weighted by Gasteiger charge is 2.22. The topological polar surface area (TPSA) is 70.6 Å². The van der Waals surface area contributed by atoms with E-state index in [1.165, 1.54) is 18.1 Å². The molecule has 0 aliphatic heterocycles. The standard InChI is InChI=1S/C25H36N2O3/c1-4-6-14-30-25-13-8-7-12-22(25)16-23(27-19(3)28)24(29)18-26-17-21-11-9-10-20(5-2)15-21/h7-13,15,23-24,26,29H,4-6,14,16-18H2,1-3H3,(H,27,28). The van der Waals surface area contributed by atoms with Gasteiger partial charge in [-0.1, -0.05) is 62.7 Å². The number of para-hydroxylation sites is 1. The normalized spacial score (nSPS) is 12.9. The number of unbranched alkanes of at least 4 members (excludes halogenated alkanes) is 1. The van der Waals surface area contributed by atoms with Crippen LogP contribution in [-0.2, 0) is 24.2 Å². The summed E-state index contributed by atoms with van der Waals surface area (Å²) >= 11 is 0. The minimum atomic E-state index is -0.716. The minimum Gasteiger partial charge on any atom is -0.493 e. The summed E-state index contributed by atoms with van der Waals surface area (Å²) in [6, 6.07) is 15.9. The van der Waals surface area contributed by atoms with E-state index >= 15 is 0 Å². The number of nitrogens with one attached hydrogen (secondary N) is 2. The van der Waals surface area contributed by atoms with E-state index in [-0.39, 0.29) is 5.91 Å². The zero-order valence-corrected chi connectivity index (χ0v) is 18.5.